The van der Waals surface area contributed by atoms with Crippen LogP contribution in [0.1, 0.15) is 79.6 Å². The van der Waals surface area contributed by atoms with Gasteiger partial charge in [0.05, 0.1) is 25.2 Å². The molecular weight excluding hydrogens is 568 g/mol. The van der Waals surface area contributed by atoms with Crippen LogP contribution in [0, 0.1) is 0 Å². The number of carbonyl (C=O) groups is 2. The van der Waals surface area contributed by atoms with Crippen LogP contribution >= 0.6 is 0 Å². The fourth-order valence-electron chi connectivity index (χ4n) is 6.38. The van der Waals surface area contributed by atoms with E-state index in [1.54, 1.807) is 0 Å². The van der Waals surface area contributed by atoms with Crippen LogP contribution in [0.4, 0.5) is 0 Å². The number of carbonyl (C=O) groups excluding carboxylic acids is 1. The van der Waals surface area contributed by atoms with Gasteiger partial charge in [-0.25, -0.2) is 0 Å². The Morgan fingerprint density at radius 1 is 0.933 bits per heavy atom. The van der Waals surface area contributed by atoms with E-state index in [-0.39, 0.29) is 37.6 Å². The molecule has 3 aromatic carbocycles. The lowest BCUT2D eigenvalue weighted by molar-refractivity contribution is -0.253. The zero-order valence-corrected chi connectivity index (χ0v) is 25.8. The molecule has 3 N–H and O–H groups in total. The molecule has 0 aromatic heterocycles. The number of hydrogen-bond donors (Lipinski definition) is 3. The highest BCUT2D eigenvalue weighted by atomic mass is 16.7. The first-order valence-corrected chi connectivity index (χ1v) is 16.0. The maximum absolute atomic E-state index is 12.1. The summed E-state index contributed by atoms with van der Waals surface area (Å²) in [6.07, 6.45) is 6.70. The van der Waals surface area contributed by atoms with Gasteiger partial charge in [-0.3, -0.25) is 14.5 Å². The molecule has 2 fully saturated rings. The normalized spacial score (nSPS) is 20.3. The molecule has 8 heteroatoms. The SMILES string of the molecule is C=CCN(CC1CC(c2ccc(CO)cc2)OC(c2ccc(-c3ccccc3CNC(=O)CCC(=O)O)cc2)O1)C1CCCC1. The van der Waals surface area contributed by atoms with Gasteiger partial charge in [0.2, 0.25) is 5.91 Å². The van der Waals surface area contributed by atoms with Crippen molar-refractivity contribution >= 4 is 11.9 Å². The summed E-state index contributed by atoms with van der Waals surface area (Å²) >= 11 is 0. The van der Waals surface area contributed by atoms with Gasteiger partial charge in [0.15, 0.2) is 6.29 Å². The Balaban J connectivity index is 1.33. The van der Waals surface area contributed by atoms with Crippen LogP contribution in [0.5, 0.6) is 0 Å². The van der Waals surface area contributed by atoms with Gasteiger partial charge in [-0.2, -0.15) is 0 Å². The summed E-state index contributed by atoms with van der Waals surface area (Å²) in [6, 6.07) is 24.5. The minimum Gasteiger partial charge on any atom is -0.481 e. The molecule has 1 saturated carbocycles. The summed E-state index contributed by atoms with van der Waals surface area (Å²) in [5.74, 6) is -1.28. The first-order chi connectivity index (χ1) is 21.9. The predicted molar refractivity (Wildman–Crippen MR) is 173 cm³/mol. The van der Waals surface area contributed by atoms with Crippen LogP contribution in [0.25, 0.3) is 11.1 Å². The largest absolute Gasteiger partial charge is 0.481 e. The average molecular weight is 613 g/mol. The second kappa shape index (κ2) is 16.0. The van der Waals surface area contributed by atoms with Crippen molar-refractivity contribution in [2.75, 3.05) is 13.1 Å². The van der Waals surface area contributed by atoms with Crippen LogP contribution in [0.3, 0.4) is 0 Å². The number of amides is 1. The highest BCUT2D eigenvalue weighted by Gasteiger charge is 2.34. The first kappa shape index (κ1) is 32.6. The molecule has 3 unspecified atom stereocenters. The van der Waals surface area contributed by atoms with Gasteiger partial charge >= 0.3 is 5.97 Å². The minimum absolute atomic E-state index is 0.00460. The molecule has 0 spiro atoms. The second-order valence-electron chi connectivity index (χ2n) is 12.0. The van der Waals surface area contributed by atoms with Crippen molar-refractivity contribution in [1.29, 1.82) is 0 Å². The maximum atomic E-state index is 12.1. The third-order valence-corrected chi connectivity index (χ3v) is 8.81. The van der Waals surface area contributed by atoms with Crippen molar-refractivity contribution in [3.8, 4) is 11.1 Å². The maximum Gasteiger partial charge on any atom is 0.303 e. The average Bonchev–Trinajstić information content (AvgIpc) is 3.62. The van der Waals surface area contributed by atoms with E-state index >= 15 is 0 Å². The zero-order chi connectivity index (χ0) is 31.6. The van der Waals surface area contributed by atoms with Crippen LogP contribution in [0.15, 0.2) is 85.5 Å². The van der Waals surface area contributed by atoms with Crippen LogP contribution in [-0.2, 0) is 32.2 Å². The topological polar surface area (TPSA) is 108 Å². The Morgan fingerprint density at radius 3 is 2.33 bits per heavy atom. The van der Waals surface area contributed by atoms with Gasteiger partial charge in [-0.15, -0.1) is 6.58 Å². The van der Waals surface area contributed by atoms with Crippen LogP contribution < -0.4 is 5.32 Å². The molecule has 1 amide bonds. The standard InChI is InChI=1S/C37H44N2O6/c1-2-21-39(31-8-4-5-9-31)24-32-22-34(28-13-11-26(25-40)12-14-28)45-37(44-32)29-17-15-27(16-18-29)33-10-6-3-7-30(33)23-38-35(41)19-20-36(42)43/h2-3,6-7,10-18,31-32,34,37,40H,1,4-5,8-9,19-25H2,(H,38,41)(H,42,43). The molecule has 3 atom stereocenters. The van der Waals surface area contributed by atoms with E-state index < -0.39 is 12.3 Å². The number of aliphatic hydroxyl groups excluding tert-OH is 1. The molecule has 0 bridgehead atoms. The summed E-state index contributed by atoms with van der Waals surface area (Å²) in [6.45, 7) is 5.97. The number of rotatable bonds is 14. The van der Waals surface area contributed by atoms with E-state index in [4.69, 9.17) is 14.6 Å². The van der Waals surface area contributed by atoms with Gasteiger partial charge in [0.1, 0.15) is 0 Å². The van der Waals surface area contributed by atoms with Crippen molar-refractivity contribution in [2.45, 2.75) is 82.6 Å². The van der Waals surface area contributed by atoms with Crippen molar-refractivity contribution in [2.24, 2.45) is 0 Å². The number of nitrogens with one attached hydrogen (secondary N) is 1. The molecule has 238 valence electrons. The molecule has 1 heterocycles. The third-order valence-electron chi connectivity index (χ3n) is 8.81. The molecule has 3 aromatic rings. The Bertz CT molecular complexity index is 1420. The quantitative estimate of drug-likeness (QED) is 0.183. The smallest absolute Gasteiger partial charge is 0.303 e. The number of ether oxygens (including phenoxy) is 2. The van der Waals surface area contributed by atoms with Crippen LogP contribution in [-0.4, -0.2) is 52.2 Å². The highest BCUT2D eigenvalue weighted by Crippen LogP contribution is 2.39. The van der Waals surface area contributed by atoms with Crippen molar-refractivity contribution in [1.82, 2.24) is 10.2 Å². The second-order valence-corrected chi connectivity index (χ2v) is 12.0. The van der Waals surface area contributed by atoms with Gasteiger partial charge in [-0.1, -0.05) is 91.7 Å². The Hall–Kier alpha value is -3.82. The molecular formula is C37H44N2O6. The molecule has 1 saturated heterocycles. The highest BCUT2D eigenvalue weighted by molar-refractivity contribution is 5.80. The predicted octanol–water partition coefficient (Wildman–Crippen LogP) is 6.30. The lowest BCUT2D eigenvalue weighted by Gasteiger charge is -2.39. The molecule has 45 heavy (non-hydrogen) atoms. The van der Waals surface area contributed by atoms with Crippen molar-refractivity contribution in [3.05, 3.63) is 108 Å². The number of hydrogen-bond acceptors (Lipinski definition) is 6. The summed E-state index contributed by atoms with van der Waals surface area (Å²) in [5, 5.41) is 21.2. The summed E-state index contributed by atoms with van der Waals surface area (Å²) < 4.78 is 13.2. The Kier molecular flexibility index (Phi) is 11.5. The summed E-state index contributed by atoms with van der Waals surface area (Å²) in [7, 11) is 0. The minimum atomic E-state index is -0.989. The lowest BCUT2D eigenvalue weighted by atomic mass is 9.97. The van der Waals surface area contributed by atoms with Gasteiger partial charge < -0.3 is 25.0 Å². The van der Waals surface area contributed by atoms with Crippen LogP contribution in [0.2, 0.25) is 0 Å². The summed E-state index contributed by atoms with van der Waals surface area (Å²) in [5.41, 5.74) is 5.79. The van der Waals surface area contributed by atoms with Crippen molar-refractivity contribution in [3.63, 3.8) is 0 Å². The van der Waals surface area contributed by atoms with E-state index in [9.17, 15) is 14.7 Å². The van der Waals surface area contributed by atoms with E-state index in [0.717, 1.165) is 52.9 Å². The summed E-state index contributed by atoms with van der Waals surface area (Å²) in [4.78, 5) is 25.5. The number of aliphatic hydroxyl groups is 1. The number of carboxylic acid groups (broad SMARTS) is 1. The number of nitrogens with zero attached hydrogens (tertiary/aromatic N) is 1. The number of aliphatic carboxylic acids is 1. The van der Waals surface area contributed by atoms with E-state index in [1.807, 2.05) is 78.9 Å². The van der Waals surface area contributed by atoms with E-state index in [2.05, 4.69) is 16.8 Å². The Labute approximate surface area is 265 Å². The van der Waals surface area contributed by atoms with E-state index in [1.165, 1.54) is 25.7 Å². The first-order valence-electron chi connectivity index (χ1n) is 16.0. The van der Waals surface area contributed by atoms with Gasteiger partial charge in [0, 0.05) is 44.1 Å². The molecule has 5 rings (SSSR count). The van der Waals surface area contributed by atoms with Gasteiger partial charge in [0.25, 0.3) is 0 Å². The molecule has 1 aliphatic carbocycles. The van der Waals surface area contributed by atoms with Crippen molar-refractivity contribution < 1.29 is 29.3 Å². The monoisotopic (exact) mass is 612 g/mol. The molecule has 2 aliphatic rings. The third kappa shape index (κ3) is 8.89. The molecule has 8 nitrogen and oxygen atoms in total. The zero-order valence-electron chi connectivity index (χ0n) is 25.8. The lowest BCUT2D eigenvalue weighted by Crippen LogP contribution is -2.43. The Morgan fingerprint density at radius 2 is 1.64 bits per heavy atom. The molecule has 1 aliphatic heterocycles. The number of carboxylic acids is 1. The molecule has 0 radical (unpaired) electrons. The fourth-order valence-corrected chi connectivity index (χ4v) is 6.38. The number of benzene rings is 3. The van der Waals surface area contributed by atoms with E-state index in [0.29, 0.717) is 12.6 Å². The fraction of sp³-hybridized carbons (Fsp3) is 0.405. The van der Waals surface area contributed by atoms with Gasteiger partial charge in [-0.05, 0) is 40.7 Å².